The largest absolute Gasteiger partial charge is 0.453 e. The number of rotatable bonds is 3. The first-order valence-corrected chi connectivity index (χ1v) is 6.75. The number of nitrogens with zero attached hydrogens (tertiary/aromatic N) is 3. The molecular weight excluding hydrogens is 338 g/mol. The predicted molar refractivity (Wildman–Crippen MR) is 80.4 cm³/mol. The molecule has 0 atom stereocenters. The summed E-state index contributed by atoms with van der Waals surface area (Å²) in [4.78, 5) is 18.8. The molecule has 0 radical (unpaired) electrons. The van der Waals surface area contributed by atoms with Crippen molar-refractivity contribution in [1.29, 1.82) is 0 Å². The van der Waals surface area contributed by atoms with Crippen molar-refractivity contribution in [3.05, 3.63) is 63.5 Å². The summed E-state index contributed by atoms with van der Waals surface area (Å²) in [7, 11) is 0. The molecule has 0 unspecified atom stereocenters. The van der Waals surface area contributed by atoms with E-state index in [9.17, 15) is 10.1 Å². The first kappa shape index (κ1) is 13.4. The summed E-state index contributed by atoms with van der Waals surface area (Å²) in [5.41, 5.74) is 0.435. The number of nitro groups is 1. The van der Waals surface area contributed by atoms with Gasteiger partial charge in [0.25, 0.3) is 5.69 Å². The highest BCUT2D eigenvalue weighted by Gasteiger charge is 2.16. The molecule has 0 N–H and O–H groups in total. The van der Waals surface area contributed by atoms with Gasteiger partial charge < -0.3 is 4.74 Å². The van der Waals surface area contributed by atoms with Crippen molar-refractivity contribution >= 4 is 32.5 Å². The van der Waals surface area contributed by atoms with E-state index in [0.29, 0.717) is 22.4 Å². The average molecular weight is 346 g/mol. The number of nitro benzene ring substituents is 1. The summed E-state index contributed by atoms with van der Waals surface area (Å²) < 4.78 is 6.51. The number of halogens is 1. The lowest BCUT2D eigenvalue weighted by Gasteiger charge is -2.08. The predicted octanol–water partition coefficient (Wildman–Crippen LogP) is 4.09. The molecule has 2 heterocycles. The molecule has 1 aromatic carbocycles. The lowest BCUT2D eigenvalue weighted by molar-refractivity contribution is -0.383. The molecule has 2 aromatic heterocycles. The van der Waals surface area contributed by atoms with E-state index in [2.05, 4.69) is 25.9 Å². The maximum Gasteiger partial charge on any atom is 0.279 e. The number of non-ortho nitro benzene ring substituents is 1. The summed E-state index contributed by atoms with van der Waals surface area (Å²) >= 11 is 3.31. The third kappa shape index (κ3) is 2.68. The summed E-state index contributed by atoms with van der Waals surface area (Å²) in [5, 5.41) is 11.5. The van der Waals surface area contributed by atoms with E-state index >= 15 is 0 Å². The smallest absolute Gasteiger partial charge is 0.279 e. The average Bonchev–Trinajstić information content (AvgIpc) is 2.47. The minimum atomic E-state index is -0.436. The zero-order valence-corrected chi connectivity index (χ0v) is 12.1. The van der Waals surface area contributed by atoms with Crippen LogP contribution in [-0.4, -0.2) is 14.9 Å². The first-order valence-electron chi connectivity index (χ1n) is 5.95. The van der Waals surface area contributed by atoms with Gasteiger partial charge in [-0.2, -0.15) is 0 Å². The molecule has 6 nitrogen and oxygen atoms in total. The second kappa shape index (κ2) is 5.45. The monoisotopic (exact) mass is 345 g/mol. The van der Waals surface area contributed by atoms with Crippen molar-refractivity contribution in [2.75, 3.05) is 0 Å². The maximum absolute atomic E-state index is 11.0. The van der Waals surface area contributed by atoms with Crippen LogP contribution in [-0.2, 0) is 0 Å². The minimum absolute atomic E-state index is 0.00202. The second-order valence-corrected chi connectivity index (χ2v) is 5.10. The van der Waals surface area contributed by atoms with E-state index in [-0.39, 0.29) is 5.69 Å². The van der Waals surface area contributed by atoms with Gasteiger partial charge in [-0.05, 0) is 40.2 Å². The fourth-order valence-electron chi connectivity index (χ4n) is 1.95. The van der Waals surface area contributed by atoms with Gasteiger partial charge in [0.1, 0.15) is 11.3 Å². The van der Waals surface area contributed by atoms with Gasteiger partial charge in [-0.25, -0.2) is 0 Å². The Kier molecular flexibility index (Phi) is 3.49. The molecule has 0 aliphatic heterocycles. The molecule has 0 fully saturated rings. The van der Waals surface area contributed by atoms with Gasteiger partial charge in [-0.3, -0.25) is 20.1 Å². The Labute approximate surface area is 127 Å². The van der Waals surface area contributed by atoms with Crippen molar-refractivity contribution in [3.63, 3.8) is 0 Å². The van der Waals surface area contributed by atoms with E-state index < -0.39 is 4.92 Å². The quantitative estimate of drug-likeness (QED) is 0.527. The van der Waals surface area contributed by atoms with E-state index in [1.165, 1.54) is 12.1 Å². The molecule has 0 aliphatic rings. The van der Waals surface area contributed by atoms with Crippen LogP contribution in [0.25, 0.3) is 10.9 Å². The van der Waals surface area contributed by atoms with Crippen LogP contribution in [0.3, 0.4) is 0 Å². The molecule has 0 aliphatic carbocycles. The summed E-state index contributed by atoms with van der Waals surface area (Å²) in [5.74, 6) is 0.960. The van der Waals surface area contributed by atoms with E-state index in [1.54, 1.807) is 36.8 Å². The second-order valence-electron chi connectivity index (χ2n) is 4.18. The molecular formula is C14H8BrN3O3. The number of fused-ring (bicyclic) bond motifs is 1. The Morgan fingerprint density at radius 1 is 1.24 bits per heavy atom. The van der Waals surface area contributed by atoms with Gasteiger partial charge in [0.05, 0.1) is 16.5 Å². The van der Waals surface area contributed by atoms with Crippen LogP contribution >= 0.6 is 15.9 Å². The van der Waals surface area contributed by atoms with Gasteiger partial charge in [0.2, 0.25) is 0 Å². The van der Waals surface area contributed by atoms with Crippen molar-refractivity contribution in [2.24, 2.45) is 0 Å². The van der Waals surface area contributed by atoms with E-state index in [4.69, 9.17) is 4.74 Å². The van der Waals surface area contributed by atoms with Crippen LogP contribution in [0.1, 0.15) is 0 Å². The first-order chi connectivity index (χ1) is 10.1. The summed E-state index contributed by atoms with van der Waals surface area (Å²) in [6.45, 7) is 0. The molecule has 3 aromatic rings. The molecule has 0 spiro atoms. The zero-order chi connectivity index (χ0) is 14.8. The van der Waals surface area contributed by atoms with E-state index in [0.717, 1.165) is 4.47 Å². The molecule has 0 saturated carbocycles. The number of hydrogen-bond donors (Lipinski definition) is 0. The molecule has 0 saturated heterocycles. The van der Waals surface area contributed by atoms with Gasteiger partial charge in [0.15, 0.2) is 5.75 Å². The fourth-order valence-corrected chi connectivity index (χ4v) is 2.29. The Hall–Kier alpha value is -2.54. The van der Waals surface area contributed by atoms with Gasteiger partial charge in [0, 0.05) is 22.9 Å². The zero-order valence-electron chi connectivity index (χ0n) is 10.6. The molecule has 7 heteroatoms. The number of pyridine rings is 2. The number of hydrogen-bond acceptors (Lipinski definition) is 5. The van der Waals surface area contributed by atoms with E-state index in [1.807, 2.05) is 0 Å². The lowest BCUT2D eigenvalue weighted by Crippen LogP contribution is -1.93. The van der Waals surface area contributed by atoms with Crippen LogP contribution in [0.5, 0.6) is 11.5 Å². The van der Waals surface area contributed by atoms with Gasteiger partial charge in [-0.1, -0.05) is 0 Å². The fraction of sp³-hybridized carbons (Fsp3) is 0. The minimum Gasteiger partial charge on any atom is -0.453 e. The third-order valence-electron chi connectivity index (χ3n) is 2.81. The van der Waals surface area contributed by atoms with Crippen molar-refractivity contribution in [3.8, 4) is 11.5 Å². The summed E-state index contributed by atoms with van der Waals surface area (Å²) in [6.07, 6.45) is 4.76. The maximum atomic E-state index is 11.0. The third-order valence-corrected chi connectivity index (χ3v) is 3.25. The molecule has 0 bridgehead atoms. The molecule has 3 rings (SSSR count). The van der Waals surface area contributed by atoms with Crippen molar-refractivity contribution in [1.82, 2.24) is 9.97 Å². The number of benzene rings is 1. The van der Waals surface area contributed by atoms with Crippen molar-refractivity contribution < 1.29 is 9.66 Å². The van der Waals surface area contributed by atoms with Gasteiger partial charge >= 0.3 is 0 Å². The highest BCUT2D eigenvalue weighted by atomic mass is 79.9. The Morgan fingerprint density at radius 3 is 2.86 bits per heavy atom. The normalized spacial score (nSPS) is 10.5. The van der Waals surface area contributed by atoms with Crippen LogP contribution in [0.2, 0.25) is 0 Å². The van der Waals surface area contributed by atoms with Crippen LogP contribution in [0, 0.1) is 10.1 Å². The SMILES string of the molecule is O=[N+]([O-])c1ccc(Oc2cncc(Br)c2)c2ncccc12. The summed E-state index contributed by atoms with van der Waals surface area (Å²) in [6, 6.07) is 7.99. The molecule has 0 amide bonds. The van der Waals surface area contributed by atoms with Crippen molar-refractivity contribution in [2.45, 2.75) is 0 Å². The van der Waals surface area contributed by atoms with Crippen LogP contribution < -0.4 is 4.74 Å². The lowest BCUT2D eigenvalue weighted by atomic mass is 10.1. The van der Waals surface area contributed by atoms with Gasteiger partial charge in [-0.15, -0.1) is 0 Å². The topological polar surface area (TPSA) is 78.2 Å². The Bertz CT molecular complexity index is 839. The molecule has 104 valence electrons. The Balaban J connectivity index is 2.12. The van der Waals surface area contributed by atoms with Crippen LogP contribution in [0.15, 0.2) is 53.4 Å². The number of ether oxygens (including phenoxy) is 1. The molecule has 21 heavy (non-hydrogen) atoms. The Morgan fingerprint density at radius 2 is 2.10 bits per heavy atom. The highest BCUT2D eigenvalue weighted by Crippen LogP contribution is 2.34. The number of aromatic nitrogens is 2. The standard InChI is InChI=1S/C14H8BrN3O3/c15-9-6-10(8-16-7-9)21-13-4-3-12(18(19)20)11-2-1-5-17-14(11)13/h1-8H. The van der Waals surface area contributed by atoms with Crippen LogP contribution in [0.4, 0.5) is 5.69 Å². The highest BCUT2D eigenvalue weighted by molar-refractivity contribution is 9.10.